The Balaban J connectivity index is 2.39. The molecule has 19 heteroatoms. The number of halogens is 2. The number of aliphatic carboxylic acids is 3. The lowest BCUT2D eigenvalue weighted by atomic mass is 9.98. The fourth-order valence-electron chi connectivity index (χ4n) is 5.70. The molecule has 0 unspecified atom stereocenters. The van der Waals surface area contributed by atoms with Crippen molar-refractivity contribution in [1.29, 1.82) is 0 Å². The number of nitrogens with one attached hydrogen (secondary N) is 4. The van der Waals surface area contributed by atoms with Gasteiger partial charge in [-0.3, -0.25) is 33.6 Å². The third-order valence-electron chi connectivity index (χ3n) is 8.48. The maximum Gasteiger partial charge on any atom is 0.326 e. The smallest absolute Gasteiger partial charge is 0.326 e. The Morgan fingerprint density at radius 1 is 0.887 bits per heavy atom. The molecule has 1 aromatic carbocycles. The molecule has 53 heavy (non-hydrogen) atoms. The van der Waals surface area contributed by atoms with Crippen molar-refractivity contribution in [1.82, 2.24) is 26.2 Å². The monoisotopic (exact) mass is 770 g/mol. The second kappa shape index (κ2) is 20.4. The van der Waals surface area contributed by atoms with Crippen LogP contribution in [0.1, 0.15) is 71.8 Å². The minimum Gasteiger partial charge on any atom is -0.481 e. The van der Waals surface area contributed by atoms with Crippen LogP contribution in [0, 0.1) is 17.7 Å². The maximum atomic E-state index is 15.0. The highest BCUT2D eigenvalue weighted by molar-refractivity contribution is 6.30. The van der Waals surface area contributed by atoms with E-state index in [0.29, 0.717) is 6.42 Å². The van der Waals surface area contributed by atoms with E-state index < -0.39 is 108 Å². The van der Waals surface area contributed by atoms with Crippen molar-refractivity contribution >= 4 is 59.0 Å². The Bertz CT molecular complexity index is 1540. The van der Waals surface area contributed by atoms with E-state index >= 15 is 4.39 Å². The summed E-state index contributed by atoms with van der Waals surface area (Å²) in [6, 6.07) is -4.54. The zero-order valence-corrected chi connectivity index (χ0v) is 30.7. The van der Waals surface area contributed by atoms with Crippen LogP contribution in [0.15, 0.2) is 18.2 Å². The second-order valence-corrected chi connectivity index (χ2v) is 14.1. The number of amides is 5. The van der Waals surface area contributed by atoms with Gasteiger partial charge in [-0.2, -0.15) is 0 Å². The lowest BCUT2D eigenvalue weighted by molar-refractivity contribution is -0.148. The van der Waals surface area contributed by atoms with E-state index in [2.05, 4.69) is 21.3 Å². The van der Waals surface area contributed by atoms with E-state index in [1.807, 2.05) is 0 Å². The maximum absolute atomic E-state index is 15.0. The molecule has 0 aromatic heterocycles. The molecule has 0 aliphatic carbocycles. The number of hydrogen-bond donors (Lipinski definition) is 8. The van der Waals surface area contributed by atoms with Crippen LogP contribution in [0.5, 0.6) is 0 Å². The van der Waals surface area contributed by atoms with E-state index in [9.17, 15) is 43.5 Å². The van der Waals surface area contributed by atoms with Gasteiger partial charge in [-0.05, 0) is 55.2 Å². The van der Waals surface area contributed by atoms with E-state index in [0.717, 1.165) is 11.0 Å². The van der Waals surface area contributed by atoms with Crippen LogP contribution < -0.4 is 27.0 Å². The van der Waals surface area contributed by atoms with Gasteiger partial charge in [0, 0.05) is 24.4 Å². The Hall–Kier alpha value is -4.84. The van der Waals surface area contributed by atoms with Gasteiger partial charge in [0.25, 0.3) is 0 Å². The number of carboxylic acids is 3. The number of hydrogen-bond acceptors (Lipinski definition) is 9. The third kappa shape index (κ3) is 13.9. The fraction of sp³-hybridized carbons (Fsp3) is 0.588. The van der Waals surface area contributed by atoms with Gasteiger partial charge in [-0.25, -0.2) is 9.18 Å². The summed E-state index contributed by atoms with van der Waals surface area (Å²) >= 11 is 5.91. The molecule has 6 atom stereocenters. The van der Waals surface area contributed by atoms with E-state index in [1.165, 1.54) is 12.1 Å². The highest BCUT2D eigenvalue weighted by Gasteiger charge is 2.40. The molecule has 1 heterocycles. The van der Waals surface area contributed by atoms with Gasteiger partial charge in [-0.1, -0.05) is 45.4 Å². The first-order valence-electron chi connectivity index (χ1n) is 17.1. The number of carboxylic acid groups (broad SMARTS) is 3. The van der Waals surface area contributed by atoms with Gasteiger partial charge < -0.3 is 47.2 Å². The molecular formula is C34H48ClFN6O11. The van der Waals surface area contributed by atoms with Gasteiger partial charge >= 0.3 is 17.9 Å². The largest absolute Gasteiger partial charge is 0.481 e. The summed E-state index contributed by atoms with van der Waals surface area (Å²) in [5.41, 5.74) is 5.79. The van der Waals surface area contributed by atoms with Crippen molar-refractivity contribution in [2.75, 3.05) is 6.54 Å². The zero-order valence-electron chi connectivity index (χ0n) is 29.9. The molecular weight excluding hydrogens is 723 g/mol. The first-order chi connectivity index (χ1) is 24.7. The fourth-order valence-corrected chi connectivity index (χ4v) is 5.85. The summed E-state index contributed by atoms with van der Waals surface area (Å²) in [6.07, 6.45) is -1.46. The van der Waals surface area contributed by atoms with Gasteiger partial charge in [0.05, 0.1) is 12.5 Å². The predicted molar refractivity (Wildman–Crippen MR) is 187 cm³/mol. The van der Waals surface area contributed by atoms with Crippen LogP contribution in [0.4, 0.5) is 4.39 Å². The van der Waals surface area contributed by atoms with Gasteiger partial charge in [0.1, 0.15) is 36.0 Å². The van der Waals surface area contributed by atoms with Crippen LogP contribution in [0.3, 0.4) is 0 Å². The number of nitrogens with zero attached hydrogens (tertiary/aromatic N) is 1. The molecule has 0 saturated carbocycles. The van der Waals surface area contributed by atoms with Gasteiger partial charge in [0.2, 0.25) is 29.5 Å². The molecule has 0 spiro atoms. The predicted octanol–water partition coefficient (Wildman–Crippen LogP) is 0.405. The number of nitrogens with two attached hydrogens (primary N) is 1. The van der Waals surface area contributed by atoms with Crippen molar-refractivity contribution in [2.45, 2.75) is 109 Å². The van der Waals surface area contributed by atoms with Gasteiger partial charge in [-0.15, -0.1) is 0 Å². The van der Waals surface area contributed by atoms with Gasteiger partial charge in [0.15, 0.2) is 0 Å². The first-order valence-corrected chi connectivity index (χ1v) is 17.5. The Morgan fingerprint density at radius 2 is 1.53 bits per heavy atom. The minimum atomic E-state index is -1.78. The quantitative estimate of drug-likeness (QED) is 0.0896. The Morgan fingerprint density at radius 3 is 2.08 bits per heavy atom. The van der Waals surface area contributed by atoms with Crippen molar-refractivity contribution in [3.05, 3.63) is 34.6 Å². The van der Waals surface area contributed by atoms with Crippen LogP contribution >= 0.6 is 11.6 Å². The van der Waals surface area contributed by atoms with E-state index in [-0.39, 0.29) is 48.7 Å². The summed E-state index contributed by atoms with van der Waals surface area (Å²) in [5, 5.41) is 37.3. The van der Waals surface area contributed by atoms with Crippen LogP contribution in [-0.4, -0.2) is 110 Å². The van der Waals surface area contributed by atoms with Crippen molar-refractivity contribution in [3.63, 3.8) is 0 Å². The molecule has 9 N–H and O–H groups in total. The summed E-state index contributed by atoms with van der Waals surface area (Å²) in [4.78, 5) is 102. The van der Waals surface area contributed by atoms with Crippen molar-refractivity contribution in [3.8, 4) is 0 Å². The van der Waals surface area contributed by atoms with Crippen molar-refractivity contribution in [2.24, 2.45) is 17.6 Å². The molecule has 0 radical (unpaired) electrons. The summed E-state index contributed by atoms with van der Waals surface area (Å²) in [6.45, 7) is 6.79. The molecule has 0 bridgehead atoms. The Kier molecular flexibility index (Phi) is 17.1. The van der Waals surface area contributed by atoms with Crippen LogP contribution in [0.2, 0.25) is 5.02 Å². The lowest BCUT2D eigenvalue weighted by Gasteiger charge is -2.31. The van der Waals surface area contributed by atoms with Crippen molar-refractivity contribution < 1.29 is 58.1 Å². The highest BCUT2D eigenvalue weighted by Crippen LogP contribution is 2.22. The standard InChI is InChI=1S/C34H48ClFN6O11/c1-16(2)12-22(38-32(50)28(17(3)4)41-29(47)21(37)9-10-26(43)44)30(48)39-23(13-18-7-8-19(35)14-20(18)36)33(51)42-11-5-6-25(42)31(49)40-24(34(52)53)15-27(45)46/h7-8,14,16-17,21-25,28H,5-6,9-13,15,37H2,1-4H3,(H,38,50)(H,39,48)(H,40,49)(H,41,47)(H,43,44)(H,45,46)(H,52,53)/t21-,22-,23-,24-,25+,28-/m0/s1. The first kappa shape index (κ1) is 44.3. The molecule has 1 aliphatic rings. The summed E-state index contributed by atoms with van der Waals surface area (Å²) < 4.78 is 15.0. The lowest BCUT2D eigenvalue weighted by Crippen LogP contribution is -2.60. The minimum absolute atomic E-state index is 0.000411. The number of carbonyl (C=O) groups is 8. The molecule has 1 saturated heterocycles. The average molecular weight is 771 g/mol. The number of likely N-dealkylation sites (tertiary alicyclic amines) is 1. The van der Waals surface area contributed by atoms with Crippen LogP contribution in [0.25, 0.3) is 0 Å². The normalized spacial score (nSPS) is 16.9. The highest BCUT2D eigenvalue weighted by atomic mass is 35.5. The zero-order chi connectivity index (χ0) is 40.2. The summed E-state index contributed by atoms with van der Waals surface area (Å²) in [7, 11) is 0. The number of benzene rings is 1. The number of rotatable bonds is 20. The van der Waals surface area contributed by atoms with Crippen LogP contribution in [-0.2, 0) is 44.8 Å². The summed E-state index contributed by atoms with van der Waals surface area (Å²) in [5.74, 6) is -9.87. The molecule has 17 nitrogen and oxygen atoms in total. The van der Waals surface area contributed by atoms with E-state index in [4.69, 9.17) is 27.5 Å². The second-order valence-electron chi connectivity index (χ2n) is 13.6. The Labute approximate surface area is 310 Å². The number of carbonyl (C=O) groups excluding carboxylic acids is 5. The molecule has 294 valence electrons. The SMILES string of the molecule is CC(C)C[C@H](NC(=O)[C@@H](NC(=O)[C@@H](N)CCC(=O)O)C(C)C)C(=O)N[C@@H](Cc1ccc(Cl)cc1F)C(=O)N1CCC[C@@H]1C(=O)N[C@@H](CC(=O)O)C(=O)O. The average Bonchev–Trinajstić information content (AvgIpc) is 3.55. The molecule has 1 fully saturated rings. The topological polar surface area (TPSA) is 275 Å². The molecule has 2 rings (SSSR count). The third-order valence-corrected chi connectivity index (χ3v) is 8.71. The molecule has 5 amide bonds. The molecule has 1 aromatic rings. The van der Waals surface area contributed by atoms with E-state index in [1.54, 1.807) is 27.7 Å². The molecule has 1 aliphatic heterocycles.